The number of hydrogen-bond acceptors (Lipinski definition) is 5. The Hall–Kier alpha value is -4.91. The van der Waals surface area contributed by atoms with Gasteiger partial charge in [0.05, 0.1) is 40.5 Å². The highest BCUT2D eigenvalue weighted by atomic mass is 19.4. The summed E-state index contributed by atoms with van der Waals surface area (Å²) in [5.41, 5.74) is -0.337. The molecular formula is C32H23F6N3O4. The van der Waals surface area contributed by atoms with Crippen LogP contribution >= 0.6 is 0 Å². The molecule has 0 aliphatic carbocycles. The van der Waals surface area contributed by atoms with E-state index in [2.05, 4.69) is 9.97 Å². The fourth-order valence-electron chi connectivity index (χ4n) is 5.00. The molecule has 6 rings (SSSR count). The van der Waals surface area contributed by atoms with E-state index in [1.54, 1.807) is 10.6 Å². The second-order valence-corrected chi connectivity index (χ2v) is 10.5. The van der Waals surface area contributed by atoms with Crippen LogP contribution in [-0.2, 0) is 30.5 Å². The summed E-state index contributed by atoms with van der Waals surface area (Å²) in [5.74, 6) is -3.43. The Morgan fingerprint density at radius 2 is 1.73 bits per heavy atom. The minimum atomic E-state index is -4.70. The number of halogens is 6. The van der Waals surface area contributed by atoms with Gasteiger partial charge in [-0.15, -0.1) is 0 Å². The molecule has 0 unspecified atom stereocenters. The van der Waals surface area contributed by atoms with Crippen molar-refractivity contribution in [2.45, 2.75) is 38.3 Å². The molecule has 1 fully saturated rings. The van der Waals surface area contributed by atoms with Gasteiger partial charge < -0.3 is 19.1 Å². The number of hydrogen-bond donors (Lipinski definition) is 1. The highest BCUT2D eigenvalue weighted by Gasteiger charge is 2.31. The van der Waals surface area contributed by atoms with Crippen LogP contribution < -0.4 is 4.74 Å². The van der Waals surface area contributed by atoms with Gasteiger partial charge in [0.25, 0.3) is 0 Å². The first kappa shape index (κ1) is 30.1. The Bertz CT molecular complexity index is 1920. The van der Waals surface area contributed by atoms with Gasteiger partial charge in [0, 0.05) is 30.2 Å². The molecule has 1 aliphatic heterocycles. The number of carboxylic acid groups (broad SMARTS) is 1. The van der Waals surface area contributed by atoms with Crippen molar-refractivity contribution in [2.24, 2.45) is 0 Å². The van der Waals surface area contributed by atoms with Crippen LogP contribution in [0.4, 0.5) is 26.3 Å². The fraction of sp³-hybridized carbons (Fsp3) is 0.219. The maximum absolute atomic E-state index is 15.4. The lowest BCUT2D eigenvalue weighted by Gasteiger charge is -2.27. The normalized spacial score (nSPS) is 14.8. The van der Waals surface area contributed by atoms with Crippen molar-refractivity contribution in [1.82, 2.24) is 14.5 Å². The van der Waals surface area contributed by atoms with E-state index in [1.165, 1.54) is 30.3 Å². The van der Waals surface area contributed by atoms with E-state index in [9.17, 15) is 27.5 Å². The molecule has 1 N–H and O–H groups in total. The summed E-state index contributed by atoms with van der Waals surface area (Å²) in [6.45, 7) is 0.516. The van der Waals surface area contributed by atoms with E-state index in [-0.39, 0.29) is 46.4 Å². The largest absolute Gasteiger partial charge is 0.478 e. The van der Waals surface area contributed by atoms with E-state index in [0.29, 0.717) is 36.1 Å². The number of fused-ring (bicyclic) bond motifs is 1. The molecule has 0 amide bonds. The first-order valence-electron chi connectivity index (χ1n) is 13.7. The van der Waals surface area contributed by atoms with Crippen molar-refractivity contribution in [2.75, 3.05) is 6.61 Å². The number of carboxylic acids is 1. The van der Waals surface area contributed by atoms with Crippen molar-refractivity contribution < 1.29 is 45.7 Å². The summed E-state index contributed by atoms with van der Waals surface area (Å²) in [5, 5.41) is 9.44. The number of imidazole rings is 1. The number of aromatic carboxylic acids is 1. The molecule has 1 aliphatic rings. The van der Waals surface area contributed by atoms with Crippen molar-refractivity contribution in [3.8, 4) is 17.1 Å². The molecule has 7 nitrogen and oxygen atoms in total. The molecule has 5 aromatic rings. The predicted octanol–water partition coefficient (Wildman–Crippen LogP) is 7.19. The molecule has 3 aromatic carbocycles. The first-order valence-corrected chi connectivity index (χ1v) is 13.7. The summed E-state index contributed by atoms with van der Waals surface area (Å²) in [4.78, 5) is 20.3. The smallest absolute Gasteiger partial charge is 0.416 e. The summed E-state index contributed by atoms with van der Waals surface area (Å²) < 4.78 is 96.3. The summed E-state index contributed by atoms with van der Waals surface area (Å²) in [6.07, 6.45) is -4.11. The molecule has 232 valence electrons. The minimum absolute atomic E-state index is 0.00553. The maximum Gasteiger partial charge on any atom is 0.416 e. The second-order valence-electron chi connectivity index (χ2n) is 10.5. The van der Waals surface area contributed by atoms with E-state index in [0.717, 1.165) is 30.7 Å². The molecule has 0 saturated carbocycles. The summed E-state index contributed by atoms with van der Waals surface area (Å²) in [7, 11) is 0. The monoisotopic (exact) mass is 627 g/mol. The molecule has 13 heteroatoms. The standard InChI is InChI=1S/C32H23F6N3O4/c33-23-13-20(32(36,37)38)6-4-18(23)16-45-30-3-1-2-26(40-30)22-14-24(34)19(10-25(22)35)12-29-39-27-7-5-17(31(42)43)11-28(27)41(29)15-21-8-9-44-21/h1-7,10-11,13-14,21H,8-9,12,15-16H2,(H,42,43)/t21-/m0/s1. The molecule has 3 heterocycles. The summed E-state index contributed by atoms with van der Waals surface area (Å²) >= 11 is 0. The molecule has 45 heavy (non-hydrogen) atoms. The lowest BCUT2D eigenvalue weighted by Crippen LogP contribution is -2.31. The average Bonchev–Trinajstić information content (AvgIpc) is 3.31. The van der Waals surface area contributed by atoms with Crippen LogP contribution in [0, 0.1) is 17.5 Å². The van der Waals surface area contributed by atoms with Gasteiger partial charge in [-0.05, 0) is 60.5 Å². The molecule has 0 bridgehead atoms. The molecule has 0 spiro atoms. The third-order valence-corrected chi connectivity index (χ3v) is 7.49. The van der Waals surface area contributed by atoms with Gasteiger partial charge in [0.15, 0.2) is 0 Å². The highest BCUT2D eigenvalue weighted by molar-refractivity contribution is 5.92. The number of rotatable bonds is 9. The van der Waals surface area contributed by atoms with Gasteiger partial charge in [-0.25, -0.2) is 27.9 Å². The van der Waals surface area contributed by atoms with Gasteiger partial charge >= 0.3 is 12.1 Å². The van der Waals surface area contributed by atoms with Crippen LogP contribution in [0.5, 0.6) is 5.88 Å². The van der Waals surface area contributed by atoms with Crippen molar-refractivity contribution in [3.63, 3.8) is 0 Å². The van der Waals surface area contributed by atoms with Crippen molar-refractivity contribution in [1.29, 1.82) is 0 Å². The van der Waals surface area contributed by atoms with Gasteiger partial charge in [-0.3, -0.25) is 0 Å². The first-order chi connectivity index (χ1) is 21.5. The van der Waals surface area contributed by atoms with Crippen molar-refractivity contribution in [3.05, 3.63) is 112 Å². The van der Waals surface area contributed by atoms with Gasteiger partial charge in [0.2, 0.25) is 5.88 Å². The number of carbonyl (C=O) groups is 1. The molecule has 1 saturated heterocycles. The Morgan fingerprint density at radius 3 is 2.42 bits per heavy atom. The Balaban J connectivity index is 1.24. The van der Waals surface area contributed by atoms with E-state index >= 15 is 8.78 Å². The topological polar surface area (TPSA) is 86.5 Å². The van der Waals surface area contributed by atoms with Crippen LogP contribution in [0.1, 0.15) is 39.3 Å². The zero-order chi connectivity index (χ0) is 31.9. The lowest BCUT2D eigenvalue weighted by atomic mass is 10.0. The van der Waals surface area contributed by atoms with Crippen LogP contribution in [-0.4, -0.2) is 38.3 Å². The summed E-state index contributed by atoms with van der Waals surface area (Å²) in [6, 6.07) is 12.8. The van der Waals surface area contributed by atoms with Crippen LogP contribution in [0.15, 0.2) is 66.7 Å². The number of ether oxygens (including phenoxy) is 2. The minimum Gasteiger partial charge on any atom is -0.478 e. The van der Waals surface area contributed by atoms with Gasteiger partial charge in [0.1, 0.15) is 29.9 Å². The Labute approximate surface area is 251 Å². The maximum atomic E-state index is 15.4. The second kappa shape index (κ2) is 11.9. The number of pyridine rings is 1. The third kappa shape index (κ3) is 6.34. The molecule has 0 radical (unpaired) electrons. The number of nitrogens with zero attached hydrogens (tertiary/aromatic N) is 3. The lowest BCUT2D eigenvalue weighted by molar-refractivity contribution is -0.137. The zero-order valence-corrected chi connectivity index (χ0v) is 23.2. The van der Waals surface area contributed by atoms with Crippen LogP contribution in [0.2, 0.25) is 0 Å². The third-order valence-electron chi connectivity index (χ3n) is 7.49. The molecule has 1 atom stereocenters. The Kier molecular flexibility index (Phi) is 7.96. The Morgan fingerprint density at radius 1 is 0.956 bits per heavy atom. The number of aromatic nitrogens is 3. The van der Waals surface area contributed by atoms with E-state index in [1.807, 2.05) is 0 Å². The molecular weight excluding hydrogens is 604 g/mol. The highest BCUT2D eigenvalue weighted by Crippen LogP contribution is 2.31. The SMILES string of the molecule is O=C(O)c1ccc2nc(Cc3cc(F)c(-c4cccc(OCc5ccc(C(F)(F)F)cc5F)n4)cc3F)n(C[C@@H]3CCO3)c2c1. The van der Waals surface area contributed by atoms with Crippen molar-refractivity contribution >= 4 is 17.0 Å². The van der Waals surface area contributed by atoms with E-state index in [4.69, 9.17) is 9.47 Å². The quantitative estimate of drug-likeness (QED) is 0.174. The molecule has 2 aromatic heterocycles. The fourth-order valence-corrected chi connectivity index (χ4v) is 5.00. The number of benzene rings is 3. The average molecular weight is 628 g/mol. The van der Waals surface area contributed by atoms with Crippen LogP contribution in [0.3, 0.4) is 0 Å². The number of alkyl halides is 3. The van der Waals surface area contributed by atoms with Crippen LogP contribution in [0.25, 0.3) is 22.3 Å². The van der Waals surface area contributed by atoms with E-state index < -0.39 is 41.8 Å². The zero-order valence-electron chi connectivity index (χ0n) is 23.2. The predicted molar refractivity (Wildman–Crippen MR) is 149 cm³/mol. The van der Waals surface area contributed by atoms with Gasteiger partial charge in [-0.1, -0.05) is 12.1 Å². The van der Waals surface area contributed by atoms with Gasteiger partial charge in [-0.2, -0.15) is 13.2 Å².